The van der Waals surface area contributed by atoms with E-state index in [1.54, 1.807) is 6.07 Å². The van der Waals surface area contributed by atoms with Gasteiger partial charge in [0.15, 0.2) is 0 Å². The van der Waals surface area contributed by atoms with Gasteiger partial charge in [0.05, 0.1) is 34.4 Å². The third-order valence-electron chi connectivity index (χ3n) is 5.24. The molecule has 3 rings (SSSR count). The molecule has 1 saturated heterocycles. The lowest BCUT2D eigenvalue weighted by Gasteiger charge is -2.27. The van der Waals surface area contributed by atoms with Crippen molar-refractivity contribution in [3.63, 3.8) is 0 Å². The van der Waals surface area contributed by atoms with E-state index in [1.807, 2.05) is 0 Å². The summed E-state index contributed by atoms with van der Waals surface area (Å²) in [4.78, 5) is 14.6. The van der Waals surface area contributed by atoms with Gasteiger partial charge in [-0.05, 0) is 43.3 Å². The maximum absolute atomic E-state index is 13.3. The van der Waals surface area contributed by atoms with E-state index in [4.69, 9.17) is 16.3 Å². The zero-order valence-electron chi connectivity index (χ0n) is 18.2. The van der Waals surface area contributed by atoms with Gasteiger partial charge in [-0.1, -0.05) is 29.8 Å². The molecular weight excluding hydrogens is 495 g/mol. The van der Waals surface area contributed by atoms with Crippen molar-refractivity contribution < 1.29 is 31.1 Å². The highest BCUT2D eigenvalue weighted by Gasteiger charge is 2.34. The minimum Gasteiger partial charge on any atom is -0.379 e. The fraction of sp³-hybridized carbons (Fsp3) is 0.409. The molecule has 1 amide bonds. The first kappa shape index (κ1) is 26.3. The first-order valence-electron chi connectivity index (χ1n) is 10.6. The standard InChI is InChI=1S/C22H25ClF3N3O4S/c23-19-8-7-17(22(24,25)26)15-20(19)29(34(31,32)18-5-2-1-3-6-18)16-21(30)27-9-4-10-28-11-13-33-14-12-28/h1-3,5-8,15H,4,9-14,16H2,(H,27,30). The fourth-order valence-electron chi connectivity index (χ4n) is 3.44. The number of hydrogen-bond donors (Lipinski definition) is 1. The van der Waals surface area contributed by atoms with E-state index in [9.17, 15) is 26.4 Å². The Labute approximate surface area is 201 Å². The molecule has 0 radical (unpaired) electrons. The van der Waals surface area contributed by atoms with E-state index in [1.165, 1.54) is 24.3 Å². The van der Waals surface area contributed by atoms with Crippen LogP contribution in [-0.4, -0.2) is 65.2 Å². The van der Waals surface area contributed by atoms with Crippen LogP contribution in [0.4, 0.5) is 18.9 Å². The second-order valence-corrected chi connectivity index (χ2v) is 9.92. The van der Waals surface area contributed by atoms with Crippen molar-refractivity contribution in [3.05, 3.63) is 59.1 Å². The Hall–Kier alpha value is -2.34. The van der Waals surface area contributed by atoms with Crippen molar-refractivity contribution >= 4 is 33.2 Å². The van der Waals surface area contributed by atoms with Gasteiger partial charge in [0.25, 0.3) is 10.0 Å². The molecule has 1 fully saturated rings. The summed E-state index contributed by atoms with van der Waals surface area (Å²) in [6.45, 7) is 3.18. The predicted octanol–water partition coefficient (Wildman–Crippen LogP) is 3.39. The maximum atomic E-state index is 13.3. The van der Waals surface area contributed by atoms with E-state index < -0.39 is 39.9 Å². The lowest BCUT2D eigenvalue weighted by Crippen LogP contribution is -2.42. The van der Waals surface area contributed by atoms with Gasteiger partial charge < -0.3 is 10.1 Å². The van der Waals surface area contributed by atoms with Crippen LogP contribution in [0, 0.1) is 0 Å². The lowest BCUT2D eigenvalue weighted by atomic mass is 10.2. The van der Waals surface area contributed by atoms with Crippen LogP contribution in [0.5, 0.6) is 0 Å². The zero-order valence-corrected chi connectivity index (χ0v) is 19.8. The average molecular weight is 520 g/mol. The molecule has 0 aliphatic carbocycles. The normalized spacial score (nSPS) is 15.2. The Kier molecular flexibility index (Phi) is 8.80. The number of morpholine rings is 1. The monoisotopic (exact) mass is 519 g/mol. The number of carbonyl (C=O) groups excluding carboxylic acids is 1. The summed E-state index contributed by atoms with van der Waals surface area (Å²) in [5, 5.41) is 2.41. The van der Waals surface area contributed by atoms with Crippen LogP contribution in [0.25, 0.3) is 0 Å². The number of amides is 1. The Morgan fingerprint density at radius 3 is 2.44 bits per heavy atom. The molecule has 0 aromatic heterocycles. The van der Waals surface area contributed by atoms with E-state index in [0.717, 1.165) is 31.8 Å². The summed E-state index contributed by atoms with van der Waals surface area (Å²) in [5.41, 5.74) is -1.50. The van der Waals surface area contributed by atoms with Crippen LogP contribution in [0.15, 0.2) is 53.4 Å². The molecule has 7 nitrogen and oxygen atoms in total. The minimum absolute atomic E-state index is 0.177. The fourth-order valence-corrected chi connectivity index (χ4v) is 5.16. The Balaban J connectivity index is 1.80. The Morgan fingerprint density at radius 2 is 1.79 bits per heavy atom. The number of halogens is 4. The highest BCUT2D eigenvalue weighted by Crippen LogP contribution is 2.37. The molecule has 0 unspecified atom stereocenters. The Morgan fingerprint density at radius 1 is 1.12 bits per heavy atom. The van der Waals surface area contributed by atoms with Gasteiger partial charge in [0.1, 0.15) is 6.54 Å². The van der Waals surface area contributed by atoms with Gasteiger partial charge in [-0.25, -0.2) is 8.42 Å². The number of anilines is 1. The van der Waals surface area contributed by atoms with Gasteiger partial charge in [-0.2, -0.15) is 13.2 Å². The number of nitrogens with zero attached hydrogens (tertiary/aromatic N) is 2. The summed E-state index contributed by atoms with van der Waals surface area (Å²) >= 11 is 6.11. The summed E-state index contributed by atoms with van der Waals surface area (Å²) in [6.07, 6.45) is -4.09. The topological polar surface area (TPSA) is 79.0 Å². The lowest BCUT2D eigenvalue weighted by molar-refractivity contribution is -0.137. The number of sulfonamides is 1. The molecule has 1 N–H and O–H groups in total. The number of benzene rings is 2. The molecule has 34 heavy (non-hydrogen) atoms. The second kappa shape index (κ2) is 11.4. The quantitative estimate of drug-likeness (QED) is 0.514. The van der Waals surface area contributed by atoms with Gasteiger partial charge in [0, 0.05) is 19.6 Å². The van der Waals surface area contributed by atoms with Crippen LogP contribution in [0.2, 0.25) is 5.02 Å². The number of alkyl halides is 3. The van der Waals surface area contributed by atoms with Crippen LogP contribution in [0.1, 0.15) is 12.0 Å². The third kappa shape index (κ3) is 6.84. The highest BCUT2D eigenvalue weighted by molar-refractivity contribution is 7.92. The number of carbonyl (C=O) groups is 1. The highest BCUT2D eigenvalue weighted by atomic mass is 35.5. The van der Waals surface area contributed by atoms with Gasteiger partial charge in [0.2, 0.25) is 5.91 Å². The van der Waals surface area contributed by atoms with Crippen molar-refractivity contribution in [2.75, 3.05) is 50.2 Å². The number of hydrogen-bond acceptors (Lipinski definition) is 5. The smallest absolute Gasteiger partial charge is 0.379 e. The molecule has 0 bridgehead atoms. The van der Waals surface area contributed by atoms with E-state index in [-0.39, 0.29) is 16.5 Å². The van der Waals surface area contributed by atoms with Crippen molar-refractivity contribution in [1.29, 1.82) is 0 Å². The number of nitrogens with one attached hydrogen (secondary N) is 1. The van der Waals surface area contributed by atoms with Crippen LogP contribution >= 0.6 is 11.6 Å². The molecule has 0 saturated carbocycles. The van der Waals surface area contributed by atoms with Gasteiger partial charge >= 0.3 is 6.18 Å². The minimum atomic E-state index is -4.72. The van der Waals surface area contributed by atoms with Crippen LogP contribution in [-0.2, 0) is 25.7 Å². The van der Waals surface area contributed by atoms with Crippen molar-refractivity contribution in [2.45, 2.75) is 17.5 Å². The maximum Gasteiger partial charge on any atom is 0.416 e. The largest absolute Gasteiger partial charge is 0.416 e. The first-order chi connectivity index (χ1) is 16.1. The first-order valence-corrected chi connectivity index (χ1v) is 12.4. The molecule has 1 aliphatic heterocycles. The van der Waals surface area contributed by atoms with Crippen molar-refractivity contribution in [2.24, 2.45) is 0 Å². The number of rotatable bonds is 9. The van der Waals surface area contributed by atoms with Gasteiger partial charge in [-0.15, -0.1) is 0 Å². The SMILES string of the molecule is O=C(CN(c1cc(C(F)(F)F)ccc1Cl)S(=O)(=O)c1ccccc1)NCCCN1CCOCC1. The molecular formula is C22H25ClF3N3O4S. The molecule has 1 aliphatic rings. The molecule has 0 spiro atoms. The predicted molar refractivity (Wildman–Crippen MR) is 122 cm³/mol. The van der Waals surface area contributed by atoms with E-state index >= 15 is 0 Å². The molecule has 186 valence electrons. The van der Waals surface area contributed by atoms with Gasteiger partial charge in [-0.3, -0.25) is 14.0 Å². The summed E-state index contributed by atoms with van der Waals surface area (Å²) < 4.78 is 72.4. The molecule has 12 heteroatoms. The molecule has 2 aromatic rings. The second-order valence-electron chi connectivity index (χ2n) is 7.65. The van der Waals surface area contributed by atoms with Crippen LogP contribution in [0.3, 0.4) is 0 Å². The summed E-state index contributed by atoms with van der Waals surface area (Å²) in [5.74, 6) is -0.657. The molecule has 2 aromatic carbocycles. The van der Waals surface area contributed by atoms with Crippen molar-refractivity contribution in [3.8, 4) is 0 Å². The number of ether oxygens (including phenoxy) is 1. The van der Waals surface area contributed by atoms with Crippen molar-refractivity contribution in [1.82, 2.24) is 10.2 Å². The Bertz CT molecular complexity index is 1080. The third-order valence-corrected chi connectivity index (χ3v) is 7.33. The van der Waals surface area contributed by atoms with E-state index in [0.29, 0.717) is 30.0 Å². The average Bonchev–Trinajstić information content (AvgIpc) is 2.81. The summed E-state index contributed by atoms with van der Waals surface area (Å²) in [7, 11) is -4.38. The summed E-state index contributed by atoms with van der Waals surface area (Å²) in [6, 6.07) is 9.50. The molecule has 0 atom stereocenters. The van der Waals surface area contributed by atoms with Crippen LogP contribution < -0.4 is 9.62 Å². The molecule has 1 heterocycles. The van der Waals surface area contributed by atoms with E-state index in [2.05, 4.69) is 10.2 Å². The zero-order chi connectivity index (χ0) is 24.8.